The fraction of sp³-hybridized carbons (Fsp3) is 0.938. The van der Waals surface area contributed by atoms with E-state index >= 15 is 0 Å². The average molecular weight is 274 g/mol. The van der Waals surface area contributed by atoms with Crippen LogP contribution >= 0.6 is 0 Å². The van der Waals surface area contributed by atoms with E-state index in [4.69, 9.17) is 9.84 Å². The smallest absolute Gasteiger partial charge is 0.303 e. The number of hydrogen-bond donors (Lipinski definition) is 1. The third-order valence-corrected chi connectivity index (χ3v) is 2.90. The van der Waals surface area contributed by atoms with Gasteiger partial charge in [-0.25, -0.2) is 0 Å². The summed E-state index contributed by atoms with van der Waals surface area (Å²) in [7, 11) is 0. The van der Waals surface area contributed by atoms with Gasteiger partial charge in [0.2, 0.25) is 0 Å². The molecule has 3 nitrogen and oxygen atoms in total. The first-order valence-electron chi connectivity index (χ1n) is 7.98. The van der Waals surface area contributed by atoms with Crippen LogP contribution in [0.15, 0.2) is 0 Å². The van der Waals surface area contributed by atoms with Crippen LogP contribution in [0.2, 0.25) is 0 Å². The van der Waals surface area contributed by atoms with Gasteiger partial charge in [-0.05, 0) is 20.3 Å². The molecule has 0 spiro atoms. The Kier molecular flexibility index (Phi) is 21.6. The molecule has 3 heteroatoms. The Balaban J connectivity index is 0. The van der Waals surface area contributed by atoms with E-state index < -0.39 is 5.97 Å². The summed E-state index contributed by atoms with van der Waals surface area (Å²) >= 11 is 0. The fourth-order valence-corrected chi connectivity index (χ4v) is 1.79. The van der Waals surface area contributed by atoms with Crippen LogP contribution in [0.1, 0.15) is 85.0 Å². The van der Waals surface area contributed by atoms with E-state index in [0.29, 0.717) is 6.42 Å². The van der Waals surface area contributed by atoms with Crippen molar-refractivity contribution in [2.24, 2.45) is 0 Å². The second-order valence-electron chi connectivity index (χ2n) is 4.75. The van der Waals surface area contributed by atoms with Gasteiger partial charge in [0.25, 0.3) is 0 Å². The summed E-state index contributed by atoms with van der Waals surface area (Å²) in [4.78, 5) is 10.2. The van der Waals surface area contributed by atoms with Gasteiger partial charge in [0.15, 0.2) is 0 Å². The Morgan fingerprint density at radius 1 is 0.789 bits per heavy atom. The van der Waals surface area contributed by atoms with Crippen molar-refractivity contribution in [3.8, 4) is 0 Å². The second kappa shape index (κ2) is 19.8. The molecule has 0 atom stereocenters. The zero-order valence-corrected chi connectivity index (χ0v) is 13.2. The molecule has 0 amide bonds. The molecule has 0 aromatic heterocycles. The molecule has 0 saturated carbocycles. The second-order valence-corrected chi connectivity index (χ2v) is 4.75. The highest BCUT2D eigenvalue weighted by Crippen LogP contribution is 2.10. The normalized spacial score (nSPS) is 9.84. The van der Waals surface area contributed by atoms with Crippen LogP contribution in [0.4, 0.5) is 0 Å². The van der Waals surface area contributed by atoms with Crippen LogP contribution in [-0.4, -0.2) is 24.3 Å². The van der Waals surface area contributed by atoms with Crippen molar-refractivity contribution < 1.29 is 14.6 Å². The van der Waals surface area contributed by atoms with Crippen molar-refractivity contribution in [2.45, 2.75) is 85.0 Å². The predicted molar refractivity (Wildman–Crippen MR) is 81.6 cm³/mol. The van der Waals surface area contributed by atoms with Gasteiger partial charge < -0.3 is 9.84 Å². The van der Waals surface area contributed by atoms with Crippen molar-refractivity contribution in [1.29, 1.82) is 0 Å². The Morgan fingerprint density at radius 3 is 1.53 bits per heavy atom. The molecule has 1 N–H and O–H groups in total. The Hall–Kier alpha value is -0.570. The van der Waals surface area contributed by atoms with E-state index in [1.54, 1.807) is 0 Å². The molecular weight excluding hydrogens is 240 g/mol. The average Bonchev–Trinajstić information content (AvgIpc) is 2.38. The summed E-state index contributed by atoms with van der Waals surface area (Å²) in [6.07, 6.45) is 11.5. The standard InChI is InChI=1S/C12H24O2.C4H10O/c1-2-3-4-5-6-7-8-9-10-11-12(13)14;1-3-5-4-2/h2-11H2,1H3,(H,13,14);3-4H2,1-2H3. The molecule has 0 radical (unpaired) electrons. The summed E-state index contributed by atoms with van der Waals surface area (Å²) in [6.45, 7) is 7.89. The topological polar surface area (TPSA) is 46.5 Å². The molecule has 116 valence electrons. The SMILES string of the molecule is CCCCCCCCCCCC(=O)O.CCOCC. The van der Waals surface area contributed by atoms with E-state index in [-0.39, 0.29) is 0 Å². The van der Waals surface area contributed by atoms with Crippen LogP contribution in [0.5, 0.6) is 0 Å². The van der Waals surface area contributed by atoms with Gasteiger partial charge in [0.1, 0.15) is 0 Å². The Morgan fingerprint density at radius 2 is 1.21 bits per heavy atom. The van der Waals surface area contributed by atoms with Crippen LogP contribution in [0, 0.1) is 0 Å². The molecule has 0 fully saturated rings. The largest absolute Gasteiger partial charge is 0.481 e. The van der Waals surface area contributed by atoms with Crippen LogP contribution in [0.25, 0.3) is 0 Å². The predicted octanol–water partition coefficient (Wildman–Crippen LogP) is 5.03. The van der Waals surface area contributed by atoms with E-state index in [0.717, 1.165) is 26.1 Å². The first kappa shape index (κ1) is 20.7. The van der Waals surface area contributed by atoms with Crippen molar-refractivity contribution in [3.05, 3.63) is 0 Å². The number of unbranched alkanes of at least 4 members (excludes halogenated alkanes) is 8. The summed E-state index contributed by atoms with van der Waals surface area (Å²) in [5.41, 5.74) is 0. The lowest BCUT2D eigenvalue weighted by Crippen LogP contribution is -1.93. The first-order valence-corrected chi connectivity index (χ1v) is 7.98. The number of ether oxygens (including phenoxy) is 1. The highest BCUT2D eigenvalue weighted by molar-refractivity contribution is 5.66. The molecule has 0 aromatic carbocycles. The number of carbonyl (C=O) groups is 1. The van der Waals surface area contributed by atoms with E-state index in [1.807, 2.05) is 13.8 Å². The van der Waals surface area contributed by atoms with Gasteiger partial charge in [0, 0.05) is 19.6 Å². The zero-order valence-electron chi connectivity index (χ0n) is 13.2. The van der Waals surface area contributed by atoms with Crippen molar-refractivity contribution in [1.82, 2.24) is 0 Å². The zero-order chi connectivity index (χ0) is 14.8. The molecule has 19 heavy (non-hydrogen) atoms. The van der Waals surface area contributed by atoms with Gasteiger partial charge >= 0.3 is 5.97 Å². The van der Waals surface area contributed by atoms with Gasteiger partial charge in [-0.15, -0.1) is 0 Å². The molecule has 0 aromatic rings. The molecular formula is C16H34O3. The lowest BCUT2D eigenvalue weighted by atomic mass is 10.1. The molecule has 0 saturated heterocycles. The minimum Gasteiger partial charge on any atom is -0.481 e. The van der Waals surface area contributed by atoms with Gasteiger partial charge in [-0.2, -0.15) is 0 Å². The number of aliphatic carboxylic acids is 1. The summed E-state index contributed by atoms with van der Waals surface area (Å²) in [5.74, 6) is -0.659. The molecule has 0 unspecified atom stereocenters. The molecule has 0 aliphatic heterocycles. The molecule has 0 bridgehead atoms. The molecule has 0 heterocycles. The highest BCUT2D eigenvalue weighted by Gasteiger charge is 1.96. The number of hydrogen-bond acceptors (Lipinski definition) is 2. The summed E-state index contributed by atoms with van der Waals surface area (Å²) in [5, 5.41) is 8.41. The summed E-state index contributed by atoms with van der Waals surface area (Å²) < 4.78 is 4.83. The number of rotatable bonds is 12. The van der Waals surface area contributed by atoms with Crippen molar-refractivity contribution in [3.63, 3.8) is 0 Å². The van der Waals surface area contributed by atoms with Crippen LogP contribution in [-0.2, 0) is 9.53 Å². The summed E-state index contributed by atoms with van der Waals surface area (Å²) in [6, 6.07) is 0. The Labute approximate surface area is 119 Å². The van der Waals surface area contributed by atoms with Gasteiger partial charge in [-0.1, -0.05) is 58.3 Å². The van der Waals surface area contributed by atoms with E-state index in [2.05, 4.69) is 6.92 Å². The number of carboxylic acid groups (broad SMARTS) is 1. The minimum absolute atomic E-state index is 0.343. The van der Waals surface area contributed by atoms with E-state index in [1.165, 1.54) is 44.9 Å². The quantitative estimate of drug-likeness (QED) is 0.507. The van der Waals surface area contributed by atoms with Gasteiger partial charge in [-0.3, -0.25) is 4.79 Å². The van der Waals surface area contributed by atoms with Crippen LogP contribution < -0.4 is 0 Å². The molecule has 0 aliphatic rings. The third kappa shape index (κ3) is 26.9. The lowest BCUT2D eigenvalue weighted by Gasteiger charge is -2.00. The van der Waals surface area contributed by atoms with Crippen molar-refractivity contribution in [2.75, 3.05) is 13.2 Å². The maximum atomic E-state index is 10.2. The Bertz CT molecular complexity index is 167. The molecule has 0 aliphatic carbocycles. The van der Waals surface area contributed by atoms with Gasteiger partial charge in [0.05, 0.1) is 0 Å². The monoisotopic (exact) mass is 274 g/mol. The minimum atomic E-state index is -0.659. The van der Waals surface area contributed by atoms with Crippen molar-refractivity contribution >= 4 is 5.97 Å². The lowest BCUT2D eigenvalue weighted by molar-refractivity contribution is -0.137. The first-order chi connectivity index (χ1) is 9.18. The number of carboxylic acids is 1. The maximum absolute atomic E-state index is 10.2. The highest BCUT2D eigenvalue weighted by atomic mass is 16.5. The molecule has 0 rings (SSSR count). The third-order valence-electron chi connectivity index (χ3n) is 2.90. The van der Waals surface area contributed by atoms with Crippen LogP contribution in [0.3, 0.4) is 0 Å². The maximum Gasteiger partial charge on any atom is 0.303 e. The fourth-order valence-electron chi connectivity index (χ4n) is 1.79. The van der Waals surface area contributed by atoms with E-state index in [9.17, 15) is 4.79 Å².